The molecule has 0 radical (unpaired) electrons. The lowest BCUT2D eigenvalue weighted by Gasteiger charge is -2.20. The van der Waals surface area contributed by atoms with Gasteiger partial charge in [-0.1, -0.05) is 26.0 Å². The molecule has 0 spiro atoms. The van der Waals surface area contributed by atoms with Crippen molar-refractivity contribution in [1.29, 1.82) is 0 Å². The zero-order valence-corrected chi connectivity index (χ0v) is 34.7. The number of phenols is 1. The van der Waals surface area contributed by atoms with Crippen LogP contribution in [0.15, 0.2) is 70.5 Å². The summed E-state index contributed by atoms with van der Waals surface area (Å²) in [6.07, 6.45) is 3.59. The molecule has 11 heteroatoms. The van der Waals surface area contributed by atoms with E-state index in [9.17, 15) is 14.4 Å². The van der Waals surface area contributed by atoms with E-state index in [0.29, 0.717) is 17.8 Å². The zero-order chi connectivity index (χ0) is 37.9. The Morgan fingerprint density at radius 2 is 1.12 bits per heavy atom. The van der Waals surface area contributed by atoms with E-state index >= 15 is 0 Å². The Bertz CT molecular complexity index is 1550. The SMILES string of the molecule is CCN[C@@H]1Cc2ccc(SC(C)(C)C(C)=O)cc2C1.CCN[C@@H]1Cc2ccc(SC(C)(C)C(C)=O)cc2C1.C[C@H](Oc1ccc(O)cc1)C(=O)O.S. The molecule has 8 nitrogen and oxygen atoms in total. The van der Waals surface area contributed by atoms with Gasteiger partial charge in [0.05, 0.1) is 9.49 Å². The number of aromatic hydroxyl groups is 1. The molecule has 0 unspecified atom stereocenters. The third-order valence-corrected chi connectivity index (χ3v) is 11.7. The van der Waals surface area contributed by atoms with E-state index in [2.05, 4.69) is 60.9 Å². The maximum absolute atomic E-state index is 11.6. The molecule has 52 heavy (non-hydrogen) atoms. The van der Waals surface area contributed by atoms with Gasteiger partial charge >= 0.3 is 5.97 Å². The highest BCUT2D eigenvalue weighted by molar-refractivity contribution is 8.01. The van der Waals surface area contributed by atoms with Gasteiger partial charge in [0.1, 0.15) is 23.1 Å². The normalized spacial score (nSPS) is 16.5. The van der Waals surface area contributed by atoms with Crippen LogP contribution < -0.4 is 15.4 Å². The molecule has 3 atom stereocenters. The number of nitrogens with one attached hydrogen (secondary N) is 2. The number of likely N-dealkylation sites (N-methyl/N-ethyl adjacent to an activating group) is 2. The summed E-state index contributed by atoms with van der Waals surface area (Å²) >= 11 is 3.33. The lowest BCUT2D eigenvalue weighted by molar-refractivity contribution is -0.144. The number of hydrogen-bond acceptors (Lipinski definition) is 9. The van der Waals surface area contributed by atoms with Crippen LogP contribution in [0.25, 0.3) is 0 Å². The fourth-order valence-corrected chi connectivity index (χ4v) is 7.83. The smallest absolute Gasteiger partial charge is 0.344 e. The van der Waals surface area contributed by atoms with Crippen molar-refractivity contribution in [2.45, 2.75) is 125 Å². The minimum absolute atomic E-state index is 0. The van der Waals surface area contributed by atoms with E-state index in [0.717, 1.165) is 38.8 Å². The molecular weight excluding hydrogens is 713 g/mol. The highest BCUT2D eigenvalue weighted by Crippen LogP contribution is 2.37. The van der Waals surface area contributed by atoms with E-state index in [1.807, 2.05) is 27.7 Å². The van der Waals surface area contributed by atoms with Crippen LogP contribution >= 0.6 is 37.0 Å². The summed E-state index contributed by atoms with van der Waals surface area (Å²) < 4.78 is 4.34. The molecule has 286 valence electrons. The lowest BCUT2D eigenvalue weighted by Crippen LogP contribution is -2.28. The van der Waals surface area contributed by atoms with Gasteiger partial charge in [0.2, 0.25) is 0 Å². The molecule has 4 N–H and O–H groups in total. The lowest BCUT2D eigenvalue weighted by atomic mass is 10.1. The van der Waals surface area contributed by atoms with E-state index < -0.39 is 12.1 Å². The Morgan fingerprint density at radius 3 is 1.46 bits per heavy atom. The summed E-state index contributed by atoms with van der Waals surface area (Å²) in [5, 5.41) is 24.5. The van der Waals surface area contributed by atoms with Crippen molar-refractivity contribution in [2.75, 3.05) is 13.1 Å². The first-order chi connectivity index (χ1) is 23.9. The molecule has 3 aromatic carbocycles. The highest BCUT2D eigenvalue weighted by atomic mass is 32.2. The van der Waals surface area contributed by atoms with Crippen LogP contribution in [0.1, 0.15) is 84.6 Å². The van der Waals surface area contributed by atoms with Crippen LogP contribution in [0, 0.1) is 0 Å². The van der Waals surface area contributed by atoms with E-state index in [4.69, 9.17) is 14.9 Å². The van der Waals surface area contributed by atoms with E-state index in [1.54, 1.807) is 37.4 Å². The maximum atomic E-state index is 11.6. The number of Topliss-reactive ketones (excluding diaryl/α,β-unsaturated/α-hetero) is 2. The van der Waals surface area contributed by atoms with Crippen LogP contribution in [0.3, 0.4) is 0 Å². The van der Waals surface area contributed by atoms with Gasteiger partial charge in [0, 0.05) is 21.9 Å². The first-order valence-corrected chi connectivity index (χ1v) is 19.4. The summed E-state index contributed by atoms with van der Waals surface area (Å²) in [6, 6.07) is 20.4. The Kier molecular flexibility index (Phi) is 17.8. The van der Waals surface area contributed by atoms with Crippen LogP contribution in [0.5, 0.6) is 11.5 Å². The Morgan fingerprint density at radius 1 is 0.731 bits per heavy atom. The first kappa shape index (κ1) is 45.2. The fourth-order valence-electron chi connectivity index (χ4n) is 5.69. The number of thioether (sulfide) groups is 2. The third-order valence-electron chi connectivity index (χ3n) is 9.15. The van der Waals surface area contributed by atoms with Crippen molar-refractivity contribution < 1.29 is 29.3 Å². The number of carbonyl (C=O) groups excluding carboxylic acids is 2. The van der Waals surface area contributed by atoms with Crippen molar-refractivity contribution in [3.05, 3.63) is 82.9 Å². The fraction of sp³-hybridized carbons (Fsp3) is 0.488. The molecule has 0 bridgehead atoms. The average Bonchev–Trinajstić information content (AvgIpc) is 3.65. The average molecular weight is 771 g/mol. The number of carboxylic acid groups (broad SMARTS) is 1. The van der Waals surface area contributed by atoms with E-state index in [1.165, 1.54) is 63.2 Å². The monoisotopic (exact) mass is 770 g/mol. The Labute approximate surface area is 326 Å². The summed E-state index contributed by atoms with van der Waals surface area (Å²) in [4.78, 5) is 36.0. The molecule has 0 amide bonds. The second-order valence-corrected chi connectivity index (χ2v) is 17.5. The molecule has 5 rings (SSSR count). The van der Waals surface area contributed by atoms with Crippen LogP contribution in [-0.4, -0.2) is 68.5 Å². The maximum Gasteiger partial charge on any atom is 0.344 e. The number of rotatable bonds is 13. The summed E-state index contributed by atoms with van der Waals surface area (Å²) in [6.45, 7) is 19.1. The highest BCUT2D eigenvalue weighted by Gasteiger charge is 2.28. The van der Waals surface area contributed by atoms with E-state index in [-0.39, 0.29) is 40.3 Å². The minimum atomic E-state index is -1.02. The van der Waals surface area contributed by atoms with Gasteiger partial charge in [0.25, 0.3) is 0 Å². The molecule has 0 fully saturated rings. The van der Waals surface area contributed by atoms with Gasteiger partial charge in [-0.3, -0.25) is 9.59 Å². The minimum Gasteiger partial charge on any atom is -0.508 e. The molecular formula is C41H58N2O6S3. The standard InChI is InChI=1S/2C16H23NOS.C9H10O4.H2S/c2*1-5-17-14-8-12-6-7-15(10-13(12)9-14)19-16(3,4)11(2)18;1-6(9(11)12)13-8-4-2-7(10)3-5-8;/h2*6-7,10,14,17H,5,8-9H2,1-4H3;2-6,10H,1H3,(H,11,12);1H2/t2*14-;6-;/m110./s1. The van der Waals surface area contributed by atoms with Crippen LogP contribution in [-0.2, 0) is 40.1 Å². The van der Waals surface area contributed by atoms with Crippen molar-refractivity contribution >= 4 is 54.6 Å². The quantitative estimate of drug-likeness (QED) is 0.128. The number of aliphatic carboxylic acids is 1. The Hall–Kier alpha value is -2.96. The van der Waals surface area contributed by atoms with Crippen molar-refractivity contribution in [2.24, 2.45) is 0 Å². The summed E-state index contributed by atoms with van der Waals surface area (Å²) in [5.74, 6) is -0.0249. The molecule has 0 saturated heterocycles. The van der Waals surface area contributed by atoms with Gasteiger partial charge in [-0.05, 0) is 158 Å². The first-order valence-electron chi connectivity index (χ1n) is 17.7. The number of ether oxygens (including phenoxy) is 1. The number of hydrogen-bond donors (Lipinski definition) is 4. The van der Waals surface area contributed by atoms with Gasteiger partial charge in [0.15, 0.2) is 6.10 Å². The summed E-state index contributed by atoms with van der Waals surface area (Å²) in [5.41, 5.74) is 5.79. The number of fused-ring (bicyclic) bond motifs is 2. The summed E-state index contributed by atoms with van der Waals surface area (Å²) in [7, 11) is 0. The molecule has 0 saturated carbocycles. The topological polar surface area (TPSA) is 125 Å². The van der Waals surface area contributed by atoms with Crippen molar-refractivity contribution in [3.63, 3.8) is 0 Å². The van der Waals surface area contributed by atoms with Crippen LogP contribution in [0.2, 0.25) is 0 Å². The van der Waals surface area contributed by atoms with Crippen molar-refractivity contribution in [3.8, 4) is 11.5 Å². The second kappa shape index (κ2) is 20.5. The van der Waals surface area contributed by atoms with Gasteiger partial charge in [-0.2, -0.15) is 13.5 Å². The zero-order valence-electron chi connectivity index (χ0n) is 32.1. The molecule has 0 aliphatic heterocycles. The van der Waals surface area contributed by atoms with Gasteiger partial charge < -0.3 is 25.6 Å². The number of phenolic OH excluding ortho intramolecular Hbond substituents is 1. The molecule has 3 aromatic rings. The molecule has 2 aliphatic carbocycles. The van der Waals surface area contributed by atoms with Gasteiger partial charge in [-0.15, -0.1) is 23.5 Å². The Balaban J connectivity index is 0.000000273. The largest absolute Gasteiger partial charge is 0.508 e. The molecule has 2 aliphatic rings. The van der Waals surface area contributed by atoms with Crippen LogP contribution in [0.4, 0.5) is 0 Å². The number of ketones is 2. The predicted molar refractivity (Wildman–Crippen MR) is 220 cm³/mol. The number of carboxylic acids is 1. The number of benzene rings is 3. The van der Waals surface area contributed by atoms with Crippen molar-refractivity contribution in [1.82, 2.24) is 10.6 Å². The van der Waals surface area contributed by atoms with Gasteiger partial charge in [-0.25, -0.2) is 4.79 Å². The molecule has 0 aromatic heterocycles. The third kappa shape index (κ3) is 13.8. The predicted octanol–water partition coefficient (Wildman–Crippen LogP) is 7.80. The second-order valence-electron chi connectivity index (χ2n) is 14.1. The molecule has 0 heterocycles. The number of carbonyl (C=O) groups is 3.